The second kappa shape index (κ2) is 5.95. The fourth-order valence-corrected chi connectivity index (χ4v) is 2.17. The van der Waals surface area contributed by atoms with Crippen molar-refractivity contribution in [1.82, 2.24) is 0 Å². The molecule has 4 heteroatoms. The molecule has 0 saturated carbocycles. The van der Waals surface area contributed by atoms with Gasteiger partial charge in [0.2, 0.25) is 0 Å². The average molecular weight is 288 g/mol. The van der Waals surface area contributed by atoms with E-state index in [1.807, 2.05) is 32.0 Å². The van der Waals surface area contributed by atoms with Crippen LogP contribution < -0.4 is 10.6 Å². The van der Waals surface area contributed by atoms with Gasteiger partial charge in [0, 0.05) is 18.3 Å². The first-order chi connectivity index (χ1) is 9.93. The summed E-state index contributed by atoms with van der Waals surface area (Å²) >= 11 is 0. The highest BCUT2D eigenvalue weighted by Crippen LogP contribution is 2.28. The van der Waals surface area contributed by atoms with Crippen LogP contribution in [0, 0.1) is 25.5 Å². The third-order valence-corrected chi connectivity index (χ3v) is 3.34. The second-order valence-corrected chi connectivity index (χ2v) is 4.96. The molecule has 0 bridgehead atoms. The van der Waals surface area contributed by atoms with Gasteiger partial charge in [0.15, 0.2) is 5.82 Å². The van der Waals surface area contributed by atoms with Crippen molar-refractivity contribution in [3.8, 4) is 0 Å². The lowest BCUT2D eigenvalue weighted by molar-refractivity contribution is 0.592. The highest BCUT2D eigenvalue weighted by Gasteiger charge is 2.13. The lowest BCUT2D eigenvalue weighted by Gasteiger charge is -2.15. The van der Waals surface area contributed by atoms with Gasteiger partial charge in [-0.25, -0.2) is 8.78 Å². The van der Waals surface area contributed by atoms with Gasteiger partial charge in [-0.1, -0.05) is 24.3 Å². The number of rotatable bonds is 4. The molecule has 0 heterocycles. The zero-order chi connectivity index (χ0) is 15.6. The molecular weight excluding hydrogens is 270 g/mol. The van der Waals surface area contributed by atoms with E-state index < -0.39 is 11.6 Å². The van der Waals surface area contributed by atoms with Gasteiger partial charge in [-0.2, -0.15) is 0 Å². The van der Waals surface area contributed by atoms with E-state index in [4.69, 9.17) is 0 Å². The van der Waals surface area contributed by atoms with E-state index >= 15 is 0 Å². The van der Waals surface area contributed by atoms with Crippen LogP contribution in [0.2, 0.25) is 0 Å². The van der Waals surface area contributed by atoms with Crippen LogP contribution in [0.15, 0.2) is 36.9 Å². The van der Waals surface area contributed by atoms with Crippen molar-refractivity contribution in [3.63, 3.8) is 0 Å². The van der Waals surface area contributed by atoms with E-state index in [1.165, 1.54) is 19.2 Å². The molecule has 2 aromatic rings. The summed E-state index contributed by atoms with van der Waals surface area (Å²) in [7, 11) is 1.48. The van der Waals surface area contributed by atoms with Crippen LogP contribution in [0.5, 0.6) is 0 Å². The summed E-state index contributed by atoms with van der Waals surface area (Å²) in [5.74, 6) is -1.29. The summed E-state index contributed by atoms with van der Waals surface area (Å²) in [4.78, 5) is 0. The average Bonchev–Trinajstić information content (AvgIpc) is 2.45. The lowest BCUT2D eigenvalue weighted by atomic mass is 10.0. The fraction of sp³-hybridized carbons (Fsp3) is 0.176. The van der Waals surface area contributed by atoms with Crippen LogP contribution in [-0.2, 0) is 0 Å². The Morgan fingerprint density at radius 2 is 1.81 bits per heavy atom. The van der Waals surface area contributed by atoms with Crippen LogP contribution in [0.25, 0.3) is 5.70 Å². The van der Waals surface area contributed by atoms with E-state index in [2.05, 4.69) is 17.2 Å². The molecule has 21 heavy (non-hydrogen) atoms. The summed E-state index contributed by atoms with van der Waals surface area (Å²) in [6, 6.07) is 8.54. The molecule has 0 saturated heterocycles. The predicted molar refractivity (Wildman–Crippen MR) is 84.5 cm³/mol. The fourth-order valence-electron chi connectivity index (χ4n) is 2.17. The maximum Gasteiger partial charge on any atom is 0.172 e. The number of hydrogen-bond acceptors (Lipinski definition) is 2. The topological polar surface area (TPSA) is 24.1 Å². The zero-order valence-electron chi connectivity index (χ0n) is 12.3. The van der Waals surface area contributed by atoms with Crippen molar-refractivity contribution in [3.05, 3.63) is 65.2 Å². The normalized spacial score (nSPS) is 10.3. The van der Waals surface area contributed by atoms with Crippen molar-refractivity contribution in [2.24, 2.45) is 0 Å². The van der Waals surface area contributed by atoms with Crippen molar-refractivity contribution in [1.29, 1.82) is 0 Å². The maximum atomic E-state index is 14.2. The molecular formula is C17H18F2N2. The summed E-state index contributed by atoms with van der Waals surface area (Å²) < 4.78 is 27.6. The predicted octanol–water partition coefficient (Wildman–Crippen LogP) is 4.71. The number of nitrogens with one attached hydrogen (secondary N) is 2. The number of hydrogen-bond donors (Lipinski definition) is 2. The van der Waals surface area contributed by atoms with Gasteiger partial charge in [-0.3, -0.25) is 0 Å². The van der Waals surface area contributed by atoms with Gasteiger partial charge in [0.1, 0.15) is 11.5 Å². The van der Waals surface area contributed by atoms with Gasteiger partial charge in [0.05, 0.1) is 5.69 Å². The SMILES string of the molecule is C=C(Nc1ccc(F)c(NC)c1F)c1cc(C)ccc1C. The van der Waals surface area contributed by atoms with E-state index in [1.54, 1.807) is 0 Å². The maximum absolute atomic E-state index is 14.2. The minimum absolute atomic E-state index is 0.159. The third kappa shape index (κ3) is 3.05. The highest BCUT2D eigenvalue weighted by atomic mass is 19.1. The molecule has 0 aromatic heterocycles. The van der Waals surface area contributed by atoms with Crippen LogP contribution in [0.4, 0.5) is 20.2 Å². The number of halogens is 2. The van der Waals surface area contributed by atoms with E-state index in [0.29, 0.717) is 5.70 Å². The van der Waals surface area contributed by atoms with Crippen molar-refractivity contribution in [2.45, 2.75) is 13.8 Å². The Kier molecular flexibility index (Phi) is 4.26. The minimum Gasteiger partial charge on any atom is -0.383 e. The third-order valence-electron chi connectivity index (χ3n) is 3.34. The molecule has 0 radical (unpaired) electrons. The lowest BCUT2D eigenvalue weighted by Crippen LogP contribution is -2.05. The zero-order valence-corrected chi connectivity index (χ0v) is 12.3. The smallest absolute Gasteiger partial charge is 0.172 e. The van der Waals surface area contributed by atoms with Gasteiger partial charge in [-0.15, -0.1) is 0 Å². The summed E-state index contributed by atoms with van der Waals surface area (Å²) in [6.45, 7) is 7.89. The standard InChI is InChI=1S/C17H18F2N2/c1-10-5-6-11(2)13(9-10)12(3)21-15-8-7-14(18)17(20-4)16(15)19/h5-9,20-21H,3H2,1-2,4H3. The molecule has 0 aliphatic heterocycles. The van der Waals surface area contributed by atoms with Gasteiger partial charge in [-0.05, 0) is 37.6 Å². The Hall–Kier alpha value is -2.36. The highest BCUT2D eigenvalue weighted by molar-refractivity contribution is 5.78. The van der Waals surface area contributed by atoms with Gasteiger partial charge < -0.3 is 10.6 Å². The van der Waals surface area contributed by atoms with Gasteiger partial charge in [0.25, 0.3) is 0 Å². The monoisotopic (exact) mass is 288 g/mol. The number of benzene rings is 2. The van der Waals surface area contributed by atoms with Crippen molar-refractivity contribution < 1.29 is 8.78 Å². The molecule has 2 aromatic carbocycles. The van der Waals surface area contributed by atoms with Crippen LogP contribution >= 0.6 is 0 Å². The molecule has 2 N–H and O–H groups in total. The van der Waals surface area contributed by atoms with Crippen LogP contribution in [0.3, 0.4) is 0 Å². The van der Waals surface area contributed by atoms with Crippen LogP contribution in [-0.4, -0.2) is 7.05 Å². The molecule has 0 unspecified atom stereocenters. The molecule has 0 atom stereocenters. The largest absolute Gasteiger partial charge is 0.383 e. The Labute approximate surface area is 123 Å². The van der Waals surface area contributed by atoms with E-state index in [0.717, 1.165) is 16.7 Å². The molecule has 110 valence electrons. The van der Waals surface area contributed by atoms with Crippen molar-refractivity contribution >= 4 is 17.1 Å². The van der Waals surface area contributed by atoms with Crippen molar-refractivity contribution in [2.75, 3.05) is 17.7 Å². The molecule has 0 aliphatic carbocycles. The van der Waals surface area contributed by atoms with E-state index in [9.17, 15) is 8.78 Å². The summed E-state index contributed by atoms with van der Waals surface area (Å²) in [5.41, 5.74) is 3.64. The first-order valence-corrected chi connectivity index (χ1v) is 6.63. The summed E-state index contributed by atoms with van der Waals surface area (Å²) in [6.07, 6.45) is 0. The first-order valence-electron chi connectivity index (χ1n) is 6.63. The molecule has 0 spiro atoms. The molecule has 0 fully saturated rings. The molecule has 2 rings (SSSR count). The molecule has 0 aliphatic rings. The Balaban J connectivity index is 2.34. The second-order valence-electron chi connectivity index (χ2n) is 4.96. The first kappa shape index (κ1) is 15.0. The Morgan fingerprint density at radius 3 is 2.48 bits per heavy atom. The molecule has 2 nitrogen and oxygen atoms in total. The minimum atomic E-state index is -0.663. The molecule has 0 amide bonds. The van der Waals surface area contributed by atoms with Gasteiger partial charge >= 0.3 is 0 Å². The Morgan fingerprint density at radius 1 is 1.10 bits per heavy atom. The quantitative estimate of drug-likeness (QED) is 0.851. The number of aryl methyl sites for hydroxylation is 2. The number of anilines is 2. The van der Waals surface area contributed by atoms with Crippen LogP contribution in [0.1, 0.15) is 16.7 Å². The van der Waals surface area contributed by atoms with E-state index in [-0.39, 0.29) is 11.4 Å². The Bertz CT molecular complexity index is 693. The summed E-state index contributed by atoms with van der Waals surface area (Å²) in [5, 5.41) is 5.44.